The fraction of sp³-hybridized carbons (Fsp3) is 0.217. The van der Waals surface area contributed by atoms with Gasteiger partial charge in [-0.2, -0.15) is 0 Å². The SMILES string of the molecule is CCc1cccc(C)c1NC(=O)c1ccnc(NCc2ccc(OC)cc2)c1. The number of methoxy groups -OCH3 is 1. The summed E-state index contributed by atoms with van der Waals surface area (Å²) >= 11 is 0. The molecular weight excluding hydrogens is 350 g/mol. The van der Waals surface area contributed by atoms with E-state index in [1.807, 2.05) is 49.4 Å². The summed E-state index contributed by atoms with van der Waals surface area (Å²) in [6.45, 7) is 4.70. The van der Waals surface area contributed by atoms with Crippen LogP contribution in [0.25, 0.3) is 0 Å². The number of benzene rings is 2. The van der Waals surface area contributed by atoms with Gasteiger partial charge in [-0.3, -0.25) is 4.79 Å². The van der Waals surface area contributed by atoms with Crippen molar-refractivity contribution in [1.82, 2.24) is 4.98 Å². The standard InChI is InChI=1S/C23H25N3O2/c1-4-18-7-5-6-16(2)22(18)26-23(27)19-12-13-24-21(14-19)25-15-17-8-10-20(28-3)11-9-17/h5-14H,4,15H2,1-3H3,(H,24,25)(H,26,27). The Morgan fingerprint density at radius 2 is 1.89 bits per heavy atom. The van der Waals surface area contributed by atoms with Crippen LogP contribution in [0.15, 0.2) is 60.8 Å². The second kappa shape index (κ2) is 9.04. The van der Waals surface area contributed by atoms with Crippen LogP contribution >= 0.6 is 0 Å². The monoisotopic (exact) mass is 375 g/mol. The van der Waals surface area contributed by atoms with Crippen molar-refractivity contribution in [2.24, 2.45) is 0 Å². The van der Waals surface area contributed by atoms with E-state index in [1.165, 1.54) is 0 Å². The van der Waals surface area contributed by atoms with Crippen molar-refractivity contribution in [3.8, 4) is 5.75 Å². The first-order valence-electron chi connectivity index (χ1n) is 9.33. The smallest absolute Gasteiger partial charge is 0.255 e. The van der Waals surface area contributed by atoms with Gasteiger partial charge in [-0.05, 0) is 54.3 Å². The lowest BCUT2D eigenvalue weighted by Gasteiger charge is -2.13. The van der Waals surface area contributed by atoms with Crippen LogP contribution in [0.3, 0.4) is 0 Å². The van der Waals surface area contributed by atoms with E-state index < -0.39 is 0 Å². The fourth-order valence-corrected chi connectivity index (χ4v) is 2.99. The minimum Gasteiger partial charge on any atom is -0.497 e. The summed E-state index contributed by atoms with van der Waals surface area (Å²) in [6, 6.07) is 17.4. The van der Waals surface area contributed by atoms with Gasteiger partial charge < -0.3 is 15.4 Å². The number of nitrogens with zero attached hydrogens (tertiary/aromatic N) is 1. The third-order valence-electron chi connectivity index (χ3n) is 4.63. The molecule has 0 fully saturated rings. The second-order valence-corrected chi connectivity index (χ2v) is 6.55. The molecule has 0 aliphatic carbocycles. The van der Waals surface area contributed by atoms with Gasteiger partial charge in [-0.15, -0.1) is 0 Å². The molecule has 1 heterocycles. The predicted octanol–water partition coefficient (Wildman–Crippen LogP) is 4.83. The van der Waals surface area contributed by atoms with Crippen LogP contribution in [0.2, 0.25) is 0 Å². The number of nitrogens with one attached hydrogen (secondary N) is 2. The van der Waals surface area contributed by atoms with Crippen molar-refractivity contribution in [3.63, 3.8) is 0 Å². The number of amides is 1. The summed E-state index contributed by atoms with van der Waals surface area (Å²) < 4.78 is 5.17. The van der Waals surface area contributed by atoms with Crippen molar-refractivity contribution in [1.29, 1.82) is 0 Å². The molecule has 0 spiro atoms. The highest BCUT2D eigenvalue weighted by atomic mass is 16.5. The Bertz CT molecular complexity index is 952. The molecule has 1 amide bonds. The van der Waals surface area contributed by atoms with E-state index >= 15 is 0 Å². The Balaban J connectivity index is 1.69. The number of rotatable bonds is 7. The number of anilines is 2. The Hall–Kier alpha value is -3.34. The fourth-order valence-electron chi connectivity index (χ4n) is 2.99. The van der Waals surface area contributed by atoms with Crippen molar-refractivity contribution in [3.05, 3.63) is 83.0 Å². The number of hydrogen-bond donors (Lipinski definition) is 2. The lowest BCUT2D eigenvalue weighted by Crippen LogP contribution is -2.15. The molecule has 3 rings (SSSR count). The molecular formula is C23H25N3O2. The highest BCUT2D eigenvalue weighted by Crippen LogP contribution is 2.22. The summed E-state index contributed by atoms with van der Waals surface area (Å²) in [4.78, 5) is 17.1. The summed E-state index contributed by atoms with van der Waals surface area (Å²) in [6.07, 6.45) is 2.51. The molecule has 0 atom stereocenters. The zero-order chi connectivity index (χ0) is 19.9. The quantitative estimate of drug-likeness (QED) is 0.621. The molecule has 1 aromatic heterocycles. The van der Waals surface area contributed by atoms with Crippen molar-refractivity contribution in [2.45, 2.75) is 26.8 Å². The first-order valence-corrected chi connectivity index (χ1v) is 9.33. The Labute approximate surface area is 165 Å². The molecule has 5 nitrogen and oxygen atoms in total. The van der Waals surface area contributed by atoms with E-state index in [1.54, 1.807) is 25.4 Å². The van der Waals surface area contributed by atoms with Gasteiger partial charge in [0, 0.05) is 24.0 Å². The maximum absolute atomic E-state index is 12.8. The highest BCUT2D eigenvalue weighted by Gasteiger charge is 2.11. The molecule has 0 bridgehead atoms. The molecule has 2 N–H and O–H groups in total. The van der Waals surface area contributed by atoms with Crippen LogP contribution in [-0.2, 0) is 13.0 Å². The Kier molecular flexibility index (Phi) is 6.27. The molecule has 2 aromatic carbocycles. The highest BCUT2D eigenvalue weighted by molar-refractivity contribution is 6.05. The topological polar surface area (TPSA) is 63.2 Å². The second-order valence-electron chi connectivity index (χ2n) is 6.55. The van der Waals surface area contributed by atoms with Crippen molar-refractivity contribution in [2.75, 3.05) is 17.7 Å². The van der Waals surface area contributed by atoms with Crippen LogP contribution < -0.4 is 15.4 Å². The number of pyridine rings is 1. The van der Waals surface area contributed by atoms with Gasteiger partial charge in [0.1, 0.15) is 11.6 Å². The number of carbonyl (C=O) groups is 1. The predicted molar refractivity (Wildman–Crippen MR) is 113 cm³/mol. The van der Waals surface area contributed by atoms with Gasteiger partial charge in [0.2, 0.25) is 0 Å². The van der Waals surface area contributed by atoms with Gasteiger partial charge in [-0.25, -0.2) is 4.98 Å². The van der Waals surface area contributed by atoms with Crippen molar-refractivity contribution < 1.29 is 9.53 Å². The zero-order valence-corrected chi connectivity index (χ0v) is 16.5. The molecule has 0 aliphatic heterocycles. The molecule has 144 valence electrons. The normalized spacial score (nSPS) is 10.4. The Morgan fingerprint density at radius 1 is 1.11 bits per heavy atom. The molecule has 28 heavy (non-hydrogen) atoms. The lowest BCUT2D eigenvalue weighted by molar-refractivity contribution is 0.102. The minimum atomic E-state index is -0.140. The van der Waals surface area contributed by atoms with Crippen LogP contribution in [0.1, 0.15) is 34.0 Å². The van der Waals surface area contributed by atoms with E-state index in [4.69, 9.17) is 4.74 Å². The number of aromatic nitrogens is 1. The van der Waals surface area contributed by atoms with E-state index in [0.29, 0.717) is 17.9 Å². The van der Waals surface area contributed by atoms with Crippen LogP contribution in [-0.4, -0.2) is 18.0 Å². The summed E-state index contributed by atoms with van der Waals surface area (Å²) in [5, 5.41) is 6.31. The third kappa shape index (κ3) is 4.68. The number of carbonyl (C=O) groups excluding carboxylic acids is 1. The maximum atomic E-state index is 12.8. The molecule has 0 saturated heterocycles. The van der Waals surface area contributed by atoms with E-state index in [9.17, 15) is 4.79 Å². The number of ether oxygens (including phenoxy) is 1. The van der Waals surface area contributed by atoms with E-state index in [2.05, 4.69) is 22.5 Å². The first-order chi connectivity index (χ1) is 13.6. The number of hydrogen-bond acceptors (Lipinski definition) is 4. The Morgan fingerprint density at radius 3 is 2.61 bits per heavy atom. The molecule has 5 heteroatoms. The van der Waals surface area contributed by atoms with Gasteiger partial charge in [0.15, 0.2) is 0 Å². The van der Waals surface area contributed by atoms with Crippen LogP contribution in [0, 0.1) is 6.92 Å². The summed E-state index contributed by atoms with van der Waals surface area (Å²) in [5.41, 5.74) is 4.74. The minimum absolute atomic E-state index is 0.140. The van der Waals surface area contributed by atoms with Gasteiger partial charge in [0.25, 0.3) is 5.91 Å². The van der Waals surface area contributed by atoms with Crippen LogP contribution in [0.4, 0.5) is 11.5 Å². The average molecular weight is 375 g/mol. The zero-order valence-electron chi connectivity index (χ0n) is 16.5. The van der Waals surface area contributed by atoms with Gasteiger partial charge in [0.05, 0.1) is 7.11 Å². The number of para-hydroxylation sites is 1. The summed E-state index contributed by atoms with van der Waals surface area (Å²) in [7, 11) is 1.65. The first kappa shape index (κ1) is 19.4. The molecule has 0 unspecified atom stereocenters. The third-order valence-corrected chi connectivity index (χ3v) is 4.63. The van der Waals surface area contributed by atoms with E-state index in [-0.39, 0.29) is 5.91 Å². The molecule has 0 radical (unpaired) electrons. The number of aryl methyl sites for hydroxylation is 2. The van der Waals surface area contributed by atoms with Crippen molar-refractivity contribution >= 4 is 17.4 Å². The van der Waals surface area contributed by atoms with Gasteiger partial charge >= 0.3 is 0 Å². The van der Waals surface area contributed by atoms with Crippen LogP contribution in [0.5, 0.6) is 5.75 Å². The van der Waals surface area contributed by atoms with Gasteiger partial charge in [-0.1, -0.05) is 37.3 Å². The molecule has 3 aromatic rings. The summed E-state index contributed by atoms with van der Waals surface area (Å²) in [5.74, 6) is 1.34. The molecule has 0 saturated carbocycles. The molecule has 0 aliphatic rings. The maximum Gasteiger partial charge on any atom is 0.255 e. The lowest BCUT2D eigenvalue weighted by atomic mass is 10.1. The largest absolute Gasteiger partial charge is 0.497 e. The average Bonchev–Trinajstić information content (AvgIpc) is 2.74. The van der Waals surface area contributed by atoms with E-state index in [0.717, 1.165) is 34.5 Å².